The van der Waals surface area contributed by atoms with Crippen LogP contribution in [0.4, 0.5) is 10.6 Å². The van der Waals surface area contributed by atoms with Crippen LogP contribution >= 0.6 is 0 Å². The fraction of sp³-hybridized carbons (Fsp3) is 0.667. The van der Waals surface area contributed by atoms with Gasteiger partial charge in [-0.3, -0.25) is 4.57 Å². The minimum atomic E-state index is -0.717. The molecule has 1 aromatic heterocycles. The average Bonchev–Trinajstić information content (AvgIpc) is 3.01. The maximum Gasteiger partial charge on any atom is 0.407 e. The van der Waals surface area contributed by atoms with Crippen LogP contribution in [-0.2, 0) is 14.2 Å². The number of nitrogen functional groups attached to an aromatic ring is 1. The summed E-state index contributed by atoms with van der Waals surface area (Å²) in [6.45, 7) is 2.83. The van der Waals surface area contributed by atoms with Crippen molar-refractivity contribution in [2.24, 2.45) is 0 Å². The normalized spacial score (nSPS) is 20.0. The number of carbonyl (C=O) groups is 1. The largest absolute Gasteiger partial charge is 0.444 e. The quantitative estimate of drug-likeness (QED) is 0.678. The Morgan fingerprint density at radius 2 is 2.33 bits per heavy atom. The van der Waals surface area contributed by atoms with Crippen LogP contribution in [0.2, 0.25) is 0 Å². The van der Waals surface area contributed by atoms with Crippen LogP contribution in [0.3, 0.4) is 0 Å². The summed E-state index contributed by atoms with van der Waals surface area (Å²) in [5.74, 6) is 0.144. The van der Waals surface area contributed by atoms with Crippen molar-refractivity contribution in [2.75, 3.05) is 25.5 Å². The standard InChI is InChI=1S/C15H24N4O5/c1-2-3-4-5-7-17-15(21)23-10-13-22-9-12(24-13)19-8-6-11(16)18-14(19)20/h6,8,12-13H,2-5,7,9-10H2,1H3,(H,17,21)(H2,16,18,20)/t12-,13-/m0/s1. The number of rotatable bonds is 8. The van der Waals surface area contributed by atoms with Gasteiger partial charge in [-0.2, -0.15) is 4.98 Å². The van der Waals surface area contributed by atoms with Crippen molar-refractivity contribution in [2.45, 2.75) is 45.1 Å². The lowest BCUT2D eigenvalue weighted by molar-refractivity contribution is -0.101. The van der Waals surface area contributed by atoms with Gasteiger partial charge in [-0.1, -0.05) is 26.2 Å². The molecule has 0 radical (unpaired) electrons. The Labute approximate surface area is 140 Å². The van der Waals surface area contributed by atoms with Crippen molar-refractivity contribution in [3.8, 4) is 0 Å². The highest BCUT2D eigenvalue weighted by Crippen LogP contribution is 2.19. The number of aromatic nitrogens is 2. The van der Waals surface area contributed by atoms with E-state index in [2.05, 4.69) is 17.2 Å². The molecule has 0 aromatic carbocycles. The molecular weight excluding hydrogens is 316 g/mol. The maximum atomic E-state index is 11.7. The van der Waals surface area contributed by atoms with Gasteiger partial charge in [0.15, 0.2) is 12.5 Å². The van der Waals surface area contributed by atoms with E-state index in [-0.39, 0.29) is 19.0 Å². The first-order chi connectivity index (χ1) is 11.6. The third-order valence-electron chi connectivity index (χ3n) is 3.55. The van der Waals surface area contributed by atoms with E-state index < -0.39 is 24.3 Å². The predicted octanol–water partition coefficient (Wildman–Crippen LogP) is 1.00. The number of nitrogens with one attached hydrogen (secondary N) is 1. The van der Waals surface area contributed by atoms with Gasteiger partial charge in [0.1, 0.15) is 12.4 Å². The molecule has 2 atom stereocenters. The van der Waals surface area contributed by atoms with Crippen molar-refractivity contribution in [1.82, 2.24) is 14.9 Å². The van der Waals surface area contributed by atoms with Crippen molar-refractivity contribution >= 4 is 11.9 Å². The zero-order valence-electron chi connectivity index (χ0n) is 13.8. The second-order valence-corrected chi connectivity index (χ2v) is 5.48. The Kier molecular flexibility index (Phi) is 7.01. The Bertz CT molecular complexity index is 591. The fourth-order valence-corrected chi connectivity index (χ4v) is 2.26. The Hall–Kier alpha value is -2.13. The monoisotopic (exact) mass is 340 g/mol. The number of hydrogen-bond donors (Lipinski definition) is 2. The Morgan fingerprint density at radius 1 is 1.50 bits per heavy atom. The van der Waals surface area contributed by atoms with Crippen LogP contribution < -0.4 is 16.7 Å². The van der Waals surface area contributed by atoms with Gasteiger partial charge in [0.05, 0.1) is 6.61 Å². The molecule has 2 rings (SSSR count). The molecule has 1 aliphatic rings. The van der Waals surface area contributed by atoms with E-state index in [4.69, 9.17) is 19.9 Å². The number of unbranched alkanes of at least 4 members (excludes halogenated alkanes) is 3. The first kappa shape index (κ1) is 18.2. The molecule has 134 valence electrons. The zero-order chi connectivity index (χ0) is 17.4. The number of carbonyl (C=O) groups excluding carboxylic acids is 1. The van der Waals surface area contributed by atoms with E-state index in [1.807, 2.05) is 0 Å². The molecular formula is C15H24N4O5. The van der Waals surface area contributed by atoms with Gasteiger partial charge in [0.25, 0.3) is 0 Å². The van der Waals surface area contributed by atoms with E-state index >= 15 is 0 Å². The third kappa shape index (κ3) is 5.50. The second kappa shape index (κ2) is 9.24. The first-order valence-electron chi connectivity index (χ1n) is 8.12. The summed E-state index contributed by atoms with van der Waals surface area (Å²) in [6, 6.07) is 1.50. The summed E-state index contributed by atoms with van der Waals surface area (Å²) >= 11 is 0. The fourth-order valence-electron chi connectivity index (χ4n) is 2.26. The van der Waals surface area contributed by atoms with Crippen molar-refractivity contribution < 1.29 is 19.0 Å². The van der Waals surface area contributed by atoms with E-state index in [0.29, 0.717) is 6.54 Å². The number of anilines is 1. The molecule has 9 heteroatoms. The Morgan fingerprint density at radius 3 is 3.08 bits per heavy atom. The number of alkyl carbamates (subject to hydrolysis) is 1. The second-order valence-electron chi connectivity index (χ2n) is 5.48. The number of nitrogens with two attached hydrogens (primary N) is 1. The highest BCUT2D eigenvalue weighted by molar-refractivity contribution is 5.67. The van der Waals surface area contributed by atoms with E-state index in [1.165, 1.54) is 16.8 Å². The summed E-state index contributed by atoms with van der Waals surface area (Å²) in [5.41, 5.74) is 4.92. The Balaban J connectivity index is 1.68. The lowest BCUT2D eigenvalue weighted by atomic mass is 10.2. The van der Waals surface area contributed by atoms with Gasteiger partial charge >= 0.3 is 11.8 Å². The molecule has 1 fully saturated rings. The SMILES string of the molecule is CCCCCCNC(=O)OC[C@H]1OC[C@@H](n2ccc(N)nc2=O)O1. The van der Waals surface area contributed by atoms with Crippen molar-refractivity contribution in [1.29, 1.82) is 0 Å². The van der Waals surface area contributed by atoms with Crippen LogP contribution in [-0.4, -0.2) is 41.7 Å². The molecule has 2 heterocycles. The molecule has 1 amide bonds. The average molecular weight is 340 g/mol. The van der Waals surface area contributed by atoms with Crippen molar-refractivity contribution in [3.05, 3.63) is 22.7 Å². The molecule has 0 saturated carbocycles. The zero-order valence-corrected chi connectivity index (χ0v) is 13.8. The van der Waals surface area contributed by atoms with Crippen molar-refractivity contribution in [3.63, 3.8) is 0 Å². The highest BCUT2D eigenvalue weighted by atomic mass is 16.7. The summed E-state index contributed by atoms with van der Waals surface area (Å²) in [5, 5.41) is 2.67. The first-order valence-corrected chi connectivity index (χ1v) is 8.12. The van der Waals surface area contributed by atoms with Gasteiger partial charge in [0, 0.05) is 12.7 Å². The van der Waals surface area contributed by atoms with Crippen LogP contribution in [0.5, 0.6) is 0 Å². The molecule has 1 aliphatic heterocycles. The lowest BCUT2D eigenvalue weighted by Gasteiger charge is -2.13. The molecule has 9 nitrogen and oxygen atoms in total. The summed E-state index contributed by atoms with van der Waals surface area (Å²) < 4.78 is 17.2. The molecule has 0 bridgehead atoms. The van der Waals surface area contributed by atoms with Crippen LogP contribution in [0.25, 0.3) is 0 Å². The molecule has 24 heavy (non-hydrogen) atoms. The lowest BCUT2D eigenvalue weighted by Crippen LogP contribution is -2.30. The topological polar surface area (TPSA) is 118 Å². The van der Waals surface area contributed by atoms with E-state index in [9.17, 15) is 9.59 Å². The third-order valence-corrected chi connectivity index (χ3v) is 3.55. The highest BCUT2D eigenvalue weighted by Gasteiger charge is 2.29. The summed E-state index contributed by atoms with van der Waals surface area (Å²) in [6.07, 6.45) is 3.96. The summed E-state index contributed by atoms with van der Waals surface area (Å²) in [4.78, 5) is 26.9. The van der Waals surface area contributed by atoms with Gasteiger partial charge in [0.2, 0.25) is 0 Å². The van der Waals surface area contributed by atoms with Gasteiger partial charge < -0.3 is 25.3 Å². The molecule has 0 aliphatic carbocycles. The number of nitrogens with zero attached hydrogens (tertiary/aromatic N) is 2. The number of amides is 1. The van der Waals surface area contributed by atoms with Crippen LogP contribution in [0.1, 0.15) is 38.8 Å². The molecule has 0 spiro atoms. The van der Waals surface area contributed by atoms with Gasteiger partial charge in [-0.05, 0) is 12.5 Å². The summed E-state index contributed by atoms with van der Waals surface area (Å²) in [7, 11) is 0. The molecule has 1 aromatic rings. The van der Waals surface area contributed by atoms with E-state index in [0.717, 1.165) is 25.7 Å². The van der Waals surface area contributed by atoms with Gasteiger partial charge in [-0.15, -0.1) is 0 Å². The van der Waals surface area contributed by atoms with Gasteiger partial charge in [-0.25, -0.2) is 9.59 Å². The van der Waals surface area contributed by atoms with Crippen LogP contribution in [0, 0.1) is 0 Å². The number of hydrogen-bond acceptors (Lipinski definition) is 7. The molecule has 3 N–H and O–H groups in total. The molecule has 1 saturated heterocycles. The number of ether oxygens (including phenoxy) is 3. The minimum absolute atomic E-state index is 0.0472. The molecule has 0 unspecified atom stereocenters. The van der Waals surface area contributed by atoms with E-state index in [1.54, 1.807) is 0 Å². The smallest absolute Gasteiger partial charge is 0.407 e. The minimum Gasteiger partial charge on any atom is -0.444 e. The predicted molar refractivity (Wildman–Crippen MR) is 86.3 cm³/mol. The van der Waals surface area contributed by atoms with Crippen LogP contribution in [0.15, 0.2) is 17.1 Å². The maximum absolute atomic E-state index is 11.7.